The maximum atomic E-state index is 12.0. The molecule has 0 atom stereocenters. The van der Waals surface area contributed by atoms with Crippen molar-refractivity contribution in [2.24, 2.45) is 5.84 Å². The van der Waals surface area contributed by atoms with E-state index in [0.717, 1.165) is 18.3 Å². The first-order valence-electron chi connectivity index (χ1n) is 3.04. The summed E-state index contributed by atoms with van der Waals surface area (Å²) < 4.78 is 36.0. The molecule has 0 saturated heterocycles. The smallest absolute Gasteiger partial charge is 0.308 e. The van der Waals surface area contributed by atoms with Gasteiger partial charge >= 0.3 is 6.18 Å². The number of hydrogen-bond donors (Lipinski definition) is 2. The van der Waals surface area contributed by atoms with Gasteiger partial charge in [0.15, 0.2) is 0 Å². The number of hydrazine groups is 1. The number of nitrogens with two attached hydrogens (primary N) is 1. The Morgan fingerprint density at radius 1 is 1.42 bits per heavy atom. The maximum Gasteiger partial charge on any atom is 0.416 e. The number of pyridine rings is 1. The van der Waals surface area contributed by atoms with Gasteiger partial charge in [0.05, 0.1) is 5.56 Å². The lowest BCUT2D eigenvalue weighted by atomic mass is 10.2. The summed E-state index contributed by atoms with van der Waals surface area (Å²) in [5.74, 6) is 4.87. The monoisotopic (exact) mass is 177 g/mol. The van der Waals surface area contributed by atoms with Crippen LogP contribution in [0.5, 0.6) is 0 Å². The highest BCUT2D eigenvalue weighted by Crippen LogP contribution is 2.29. The Balaban J connectivity index is 3.02. The molecule has 0 saturated carbocycles. The van der Waals surface area contributed by atoms with Crippen molar-refractivity contribution in [3.05, 3.63) is 23.9 Å². The second-order valence-electron chi connectivity index (χ2n) is 2.07. The lowest BCUT2D eigenvalue weighted by Crippen LogP contribution is -2.11. The van der Waals surface area contributed by atoms with E-state index in [-0.39, 0.29) is 5.82 Å². The fourth-order valence-electron chi connectivity index (χ4n) is 0.686. The lowest BCUT2D eigenvalue weighted by Gasteiger charge is -2.06. The predicted molar refractivity (Wildman–Crippen MR) is 37.0 cm³/mol. The molecule has 1 heterocycles. The molecule has 6 heteroatoms. The van der Waals surface area contributed by atoms with Crippen molar-refractivity contribution >= 4 is 5.82 Å². The van der Waals surface area contributed by atoms with Crippen molar-refractivity contribution in [2.75, 3.05) is 5.43 Å². The highest BCUT2D eigenvalue weighted by Gasteiger charge is 2.30. The normalized spacial score (nSPS) is 11.3. The number of rotatable bonds is 1. The van der Waals surface area contributed by atoms with Crippen molar-refractivity contribution < 1.29 is 13.2 Å². The first kappa shape index (κ1) is 8.79. The van der Waals surface area contributed by atoms with Crippen LogP contribution in [-0.2, 0) is 6.18 Å². The molecule has 0 aliphatic rings. The summed E-state index contributed by atoms with van der Waals surface area (Å²) >= 11 is 0. The van der Waals surface area contributed by atoms with Crippen molar-refractivity contribution in [2.45, 2.75) is 6.18 Å². The van der Waals surface area contributed by atoms with Gasteiger partial charge in [0.1, 0.15) is 5.82 Å². The molecule has 0 radical (unpaired) electrons. The molecule has 1 aromatic rings. The van der Waals surface area contributed by atoms with Crippen LogP contribution in [0.25, 0.3) is 0 Å². The Hall–Kier alpha value is -1.30. The molecule has 3 N–H and O–H groups in total. The number of hydrogen-bond acceptors (Lipinski definition) is 3. The van der Waals surface area contributed by atoms with E-state index in [4.69, 9.17) is 5.84 Å². The van der Waals surface area contributed by atoms with Gasteiger partial charge in [-0.15, -0.1) is 0 Å². The van der Waals surface area contributed by atoms with Crippen LogP contribution in [0.4, 0.5) is 19.0 Å². The van der Waals surface area contributed by atoms with Gasteiger partial charge in [-0.1, -0.05) is 0 Å². The summed E-state index contributed by atoms with van der Waals surface area (Å²) in [5.41, 5.74) is 1.26. The molecule has 0 fully saturated rings. The van der Waals surface area contributed by atoms with E-state index in [1.54, 1.807) is 0 Å². The van der Waals surface area contributed by atoms with Gasteiger partial charge in [0.2, 0.25) is 0 Å². The Bertz CT molecular complexity index is 271. The fourth-order valence-corrected chi connectivity index (χ4v) is 0.686. The van der Waals surface area contributed by atoms with Crippen LogP contribution in [0.1, 0.15) is 5.56 Å². The Labute approximate surface area is 66.4 Å². The zero-order valence-electron chi connectivity index (χ0n) is 5.89. The third-order valence-corrected chi connectivity index (χ3v) is 1.24. The Morgan fingerprint density at radius 3 is 2.58 bits per heavy atom. The van der Waals surface area contributed by atoms with Crippen LogP contribution in [0.2, 0.25) is 0 Å². The molecule has 0 amide bonds. The van der Waals surface area contributed by atoms with Crippen molar-refractivity contribution in [3.63, 3.8) is 0 Å². The highest BCUT2D eigenvalue weighted by atomic mass is 19.4. The average Bonchev–Trinajstić information content (AvgIpc) is 2.03. The summed E-state index contributed by atoms with van der Waals surface area (Å²) in [6.45, 7) is 0. The first-order chi connectivity index (χ1) is 5.54. The number of aromatic nitrogens is 1. The third-order valence-electron chi connectivity index (χ3n) is 1.24. The molecular formula is C6H6F3N3. The van der Waals surface area contributed by atoms with Crippen LogP contribution in [0, 0.1) is 0 Å². The van der Waals surface area contributed by atoms with E-state index in [2.05, 4.69) is 4.98 Å². The Morgan fingerprint density at radius 2 is 2.08 bits per heavy atom. The molecule has 66 valence electrons. The quantitative estimate of drug-likeness (QED) is 0.503. The zero-order chi connectivity index (χ0) is 9.19. The minimum Gasteiger partial charge on any atom is -0.308 e. The van der Waals surface area contributed by atoms with E-state index >= 15 is 0 Å². The van der Waals surface area contributed by atoms with Crippen molar-refractivity contribution in [1.82, 2.24) is 4.98 Å². The van der Waals surface area contributed by atoms with E-state index in [1.165, 1.54) is 0 Å². The molecule has 1 aromatic heterocycles. The van der Waals surface area contributed by atoms with E-state index < -0.39 is 11.7 Å². The van der Waals surface area contributed by atoms with Crippen LogP contribution >= 0.6 is 0 Å². The molecule has 0 aliphatic heterocycles. The molecule has 12 heavy (non-hydrogen) atoms. The average molecular weight is 177 g/mol. The first-order valence-corrected chi connectivity index (χ1v) is 3.04. The third kappa shape index (κ3) is 1.85. The topological polar surface area (TPSA) is 50.9 Å². The zero-order valence-corrected chi connectivity index (χ0v) is 5.89. The van der Waals surface area contributed by atoms with Gasteiger partial charge in [0.25, 0.3) is 0 Å². The number of nitrogens with one attached hydrogen (secondary N) is 1. The predicted octanol–water partition coefficient (Wildman–Crippen LogP) is 1.39. The number of anilines is 1. The second-order valence-corrected chi connectivity index (χ2v) is 2.07. The lowest BCUT2D eigenvalue weighted by molar-refractivity contribution is -0.137. The minimum atomic E-state index is -4.35. The van der Waals surface area contributed by atoms with Crippen LogP contribution in [-0.4, -0.2) is 4.98 Å². The van der Waals surface area contributed by atoms with Crippen LogP contribution in [0.15, 0.2) is 18.3 Å². The number of alkyl halides is 3. The molecule has 0 aromatic carbocycles. The number of nitrogen functional groups attached to an aromatic ring is 1. The van der Waals surface area contributed by atoms with Gasteiger partial charge in [-0.25, -0.2) is 10.8 Å². The summed E-state index contributed by atoms with van der Waals surface area (Å²) in [7, 11) is 0. The molecule has 0 spiro atoms. The molecule has 0 unspecified atom stereocenters. The van der Waals surface area contributed by atoms with Gasteiger partial charge in [-0.2, -0.15) is 13.2 Å². The van der Waals surface area contributed by atoms with E-state index in [1.807, 2.05) is 5.43 Å². The molecule has 3 nitrogen and oxygen atoms in total. The summed E-state index contributed by atoms with van der Waals surface area (Å²) in [4.78, 5) is 3.54. The molecule has 0 aliphatic carbocycles. The van der Waals surface area contributed by atoms with Crippen LogP contribution in [0.3, 0.4) is 0 Å². The van der Waals surface area contributed by atoms with Crippen molar-refractivity contribution in [3.8, 4) is 0 Å². The molecular weight excluding hydrogens is 171 g/mol. The summed E-state index contributed by atoms with van der Waals surface area (Å²) in [5, 5.41) is 0. The SMILES string of the molecule is NNc1cc(C(F)(F)F)ccn1. The highest BCUT2D eigenvalue weighted by molar-refractivity contribution is 5.36. The van der Waals surface area contributed by atoms with Crippen molar-refractivity contribution in [1.29, 1.82) is 0 Å². The minimum absolute atomic E-state index is 0.00942. The number of nitrogens with zero attached hydrogens (tertiary/aromatic N) is 1. The largest absolute Gasteiger partial charge is 0.416 e. The number of halogens is 3. The molecule has 1 rings (SSSR count). The Kier molecular flexibility index (Phi) is 2.18. The summed E-state index contributed by atoms with van der Waals surface area (Å²) in [6, 6.07) is 1.71. The van der Waals surface area contributed by atoms with E-state index in [0.29, 0.717) is 0 Å². The molecule has 0 bridgehead atoms. The van der Waals surface area contributed by atoms with Gasteiger partial charge in [0, 0.05) is 6.20 Å². The van der Waals surface area contributed by atoms with E-state index in [9.17, 15) is 13.2 Å². The van der Waals surface area contributed by atoms with Gasteiger partial charge in [-0.05, 0) is 12.1 Å². The van der Waals surface area contributed by atoms with Gasteiger partial charge < -0.3 is 5.43 Å². The fraction of sp³-hybridized carbons (Fsp3) is 0.167. The maximum absolute atomic E-state index is 12.0. The van der Waals surface area contributed by atoms with Gasteiger partial charge in [-0.3, -0.25) is 0 Å². The summed E-state index contributed by atoms with van der Waals surface area (Å²) in [6.07, 6.45) is -3.31. The second kappa shape index (κ2) is 2.98. The van der Waals surface area contributed by atoms with Crippen LogP contribution < -0.4 is 11.3 Å². The standard InChI is InChI=1S/C6H6F3N3/c7-6(8,9)4-1-2-11-5(3-4)12-10/h1-3H,10H2,(H,11,12).